The van der Waals surface area contributed by atoms with Crippen LogP contribution in [-0.2, 0) is 12.8 Å². The first-order chi connectivity index (χ1) is 10.1. The van der Waals surface area contributed by atoms with Gasteiger partial charge in [-0.15, -0.1) is 0 Å². The molecule has 0 spiro atoms. The molecule has 1 aliphatic carbocycles. The van der Waals surface area contributed by atoms with E-state index >= 15 is 0 Å². The van der Waals surface area contributed by atoms with Gasteiger partial charge in [-0.2, -0.15) is 0 Å². The van der Waals surface area contributed by atoms with Gasteiger partial charge in [-0.05, 0) is 45.5 Å². The zero-order valence-electron chi connectivity index (χ0n) is 12.6. The van der Waals surface area contributed by atoms with Crippen LogP contribution in [-0.4, -0.2) is 32.1 Å². The number of hydrogen-bond donors (Lipinski definition) is 0. The molecule has 4 heteroatoms. The number of ether oxygens (including phenoxy) is 1. The normalized spacial score (nSPS) is 13.9. The number of hydrogen-bond acceptors (Lipinski definition) is 4. The van der Waals surface area contributed by atoms with Gasteiger partial charge in [-0.3, -0.25) is 4.79 Å². The lowest BCUT2D eigenvalue weighted by Crippen LogP contribution is -2.15. The zero-order valence-corrected chi connectivity index (χ0v) is 12.6. The minimum atomic E-state index is 0.128. The molecule has 1 aliphatic rings. The van der Waals surface area contributed by atoms with Crippen molar-refractivity contribution in [3.63, 3.8) is 0 Å². The van der Waals surface area contributed by atoms with E-state index in [0.717, 1.165) is 49.3 Å². The topological polar surface area (TPSA) is 42.7 Å². The first-order valence-electron chi connectivity index (χ1n) is 7.51. The maximum absolute atomic E-state index is 12.4. The maximum atomic E-state index is 12.4. The fraction of sp³-hybridized carbons (Fsp3) is 0.471. The average Bonchev–Trinajstić information content (AvgIpc) is 2.92. The van der Waals surface area contributed by atoms with Crippen molar-refractivity contribution in [2.24, 2.45) is 0 Å². The van der Waals surface area contributed by atoms with Crippen molar-refractivity contribution in [2.75, 3.05) is 27.2 Å². The fourth-order valence-electron chi connectivity index (χ4n) is 2.80. The quantitative estimate of drug-likeness (QED) is 0.793. The van der Waals surface area contributed by atoms with E-state index in [4.69, 9.17) is 9.15 Å². The Labute approximate surface area is 124 Å². The second-order valence-corrected chi connectivity index (χ2v) is 5.85. The van der Waals surface area contributed by atoms with Crippen molar-refractivity contribution in [3.8, 4) is 5.75 Å². The summed E-state index contributed by atoms with van der Waals surface area (Å²) in [5, 5.41) is 0.663. The number of rotatable bonds is 5. The Kier molecular flexibility index (Phi) is 3.97. The molecule has 1 aromatic heterocycles. The van der Waals surface area contributed by atoms with Crippen molar-refractivity contribution in [1.82, 2.24) is 4.90 Å². The molecule has 0 saturated carbocycles. The first-order valence-corrected chi connectivity index (χ1v) is 7.51. The third kappa shape index (κ3) is 2.95. The molecule has 0 N–H and O–H groups in total. The van der Waals surface area contributed by atoms with Crippen molar-refractivity contribution in [1.29, 1.82) is 0 Å². The van der Waals surface area contributed by atoms with Crippen LogP contribution in [0.15, 0.2) is 27.4 Å². The molecule has 4 nitrogen and oxygen atoms in total. The Balaban J connectivity index is 1.81. The molecule has 0 bridgehead atoms. The van der Waals surface area contributed by atoms with Crippen LogP contribution in [0.3, 0.4) is 0 Å². The minimum Gasteiger partial charge on any atom is -0.493 e. The molecule has 0 fully saturated rings. The third-order valence-electron chi connectivity index (χ3n) is 3.89. The number of aryl methyl sites for hydroxylation is 1. The van der Waals surface area contributed by atoms with Crippen LogP contribution >= 0.6 is 0 Å². The summed E-state index contributed by atoms with van der Waals surface area (Å²) in [6.07, 6.45) is 3.70. The van der Waals surface area contributed by atoms with Crippen molar-refractivity contribution >= 4 is 11.0 Å². The van der Waals surface area contributed by atoms with Gasteiger partial charge in [0.25, 0.3) is 0 Å². The Bertz CT molecular complexity index is 703. The largest absolute Gasteiger partial charge is 0.493 e. The molecule has 1 heterocycles. The van der Waals surface area contributed by atoms with Gasteiger partial charge in [-0.25, -0.2) is 0 Å². The summed E-state index contributed by atoms with van der Waals surface area (Å²) in [4.78, 5) is 14.5. The number of fused-ring (bicyclic) bond motifs is 2. The monoisotopic (exact) mass is 287 g/mol. The van der Waals surface area contributed by atoms with Crippen LogP contribution in [0.1, 0.15) is 24.2 Å². The maximum Gasteiger partial charge on any atom is 0.196 e. The van der Waals surface area contributed by atoms with E-state index in [-0.39, 0.29) is 5.43 Å². The molecule has 2 aromatic rings. The molecule has 112 valence electrons. The van der Waals surface area contributed by atoms with Gasteiger partial charge in [-0.1, -0.05) is 0 Å². The molecule has 1 aromatic carbocycles. The van der Waals surface area contributed by atoms with E-state index in [0.29, 0.717) is 17.6 Å². The van der Waals surface area contributed by atoms with E-state index in [1.165, 1.54) is 0 Å². The van der Waals surface area contributed by atoms with Gasteiger partial charge in [0.15, 0.2) is 5.43 Å². The van der Waals surface area contributed by atoms with Gasteiger partial charge >= 0.3 is 0 Å². The third-order valence-corrected chi connectivity index (χ3v) is 3.89. The Morgan fingerprint density at radius 1 is 1.29 bits per heavy atom. The summed E-state index contributed by atoms with van der Waals surface area (Å²) in [7, 11) is 4.09. The molecular formula is C17H21NO3. The van der Waals surface area contributed by atoms with Gasteiger partial charge < -0.3 is 14.1 Å². The summed E-state index contributed by atoms with van der Waals surface area (Å²) in [6, 6.07) is 5.52. The molecule has 3 rings (SSSR count). The van der Waals surface area contributed by atoms with E-state index in [9.17, 15) is 4.79 Å². The second-order valence-electron chi connectivity index (χ2n) is 5.85. The highest BCUT2D eigenvalue weighted by atomic mass is 16.5. The van der Waals surface area contributed by atoms with Crippen LogP contribution in [0.4, 0.5) is 0 Å². The Hall–Kier alpha value is -1.81. The van der Waals surface area contributed by atoms with Crippen LogP contribution < -0.4 is 10.2 Å². The van der Waals surface area contributed by atoms with Crippen molar-refractivity contribution in [3.05, 3.63) is 39.7 Å². The molecule has 0 unspecified atom stereocenters. The van der Waals surface area contributed by atoms with Crippen LogP contribution in [0, 0.1) is 0 Å². The molecule has 0 saturated heterocycles. The number of benzene rings is 1. The van der Waals surface area contributed by atoms with Gasteiger partial charge in [0, 0.05) is 24.6 Å². The zero-order chi connectivity index (χ0) is 14.8. The van der Waals surface area contributed by atoms with E-state index in [2.05, 4.69) is 4.90 Å². The SMILES string of the molecule is CN(C)CCCOc1ccc2c(=O)c3c(oc2c1)CCC3. The van der Waals surface area contributed by atoms with Gasteiger partial charge in [0.1, 0.15) is 17.1 Å². The predicted molar refractivity (Wildman–Crippen MR) is 83.2 cm³/mol. The summed E-state index contributed by atoms with van der Waals surface area (Å²) in [5.41, 5.74) is 1.64. The highest BCUT2D eigenvalue weighted by Gasteiger charge is 2.19. The molecule has 0 atom stereocenters. The fourth-order valence-corrected chi connectivity index (χ4v) is 2.80. The lowest BCUT2D eigenvalue weighted by Gasteiger charge is -2.10. The van der Waals surface area contributed by atoms with Crippen LogP contribution in [0.5, 0.6) is 5.75 Å². The smallest absolute Gasteiger partial charge is 0.196 e. The van der Waals surface area contributed by atoms with Crippen LogP contribution in [0.2, 0.25) is 0 Å². The summed E-state index contributed by atoms with van der Waals surface area (Å²) >= 11 is 0. The van der Waals surface area contributed by atoms with Gasteiger partial charge in [0.05, 0.1) is 12.0 Å². The first kappa shape index (κ1) is 14.1. The highest BCUT2D eigenvalue weighted by molar-refractivity contribution is 5.79. The standard InChI is InChI=1S/C17H21NO3/c1-18(2)9-4-10-20-12-7-8-14-16(11-12)21-15-6-3-5-13(15)17(14)19/h7-8,11H,3-6,9-10H2,1-2H3. The lowest BCUT2D eigenvalue weighted by atomic mass is 10.1. The molecular weight excluding hydrogens is 266 g/mol. The summed E-state index contributed by atoms with van der Waals surface area (Å²) in [6.45, 7) is 1.66. The Morgan fingerprint density at radius 2 is 2.14 bits per heavy atom. The summed E-state index contributed by atoms with van der Waals surface area (Å²) in [5.74, 6) is 1.62. The second kappa shape index (κ2) is 5.90. The highest BCUT2D eigenvalue weighted by Crippen LogP contribution is 2.26. The predicted octanol–water partition coefficient (Wildman–Crippen LogP) is 2.61. The van der Waals surface area contributed by atoms with Crippen molar-refractivity contribution in [2.45, 2.75) is 25.7 Å². The van der Waals surface area contributed by atoms with E-state index in [1.54, 1.807) is 0 Å². The Morgan fingerprint density at radius 3 is 2.95 bits per heavy atom. The minimum absolute atomic E-state index is 0.128. The molecule has 0 radical (unpaired) electrons. The van der Waals surface area contributed by atoms with Gasteiger partial charge in [0.2, 0.25) is 0 Å². The molecule has 0 amide bonds. The van der Waals surface area contributed by atoms with E-state index < -0.39 is 0 Å². The number of nitrogens with zero attached hydrogens (tertiary/aromatic N) is 1. The summed E-state index contributed by atoms with van der Waals surface area (Å²) < 4.78 is 11.6. The van der Waals surface area contributed by atoms with E-state index in [1.807, 2.05) is 32.3 Å². The lowest BCUT2D eigenvalue weighted by molar-refractivity contribution is 0.281. The molecule has 21 heavy (non-hydrogen) atoms. The van der Waals surface area contributed by atoms with Crippen LogP contribution in [0.25, 0.3) is 11.0 Å². The van der Waals surface area contributed by atoms with Crippen molar-refractivity contribution < 1.29 is 9.15 Å². The average molecular weight is 287 g/mol. The molecule has 0 aliphatic heterocycles.